The quantitative estimate of drug-likeness (QED) is 0.510. The fourth-order valence-corrected chi connectivity index (χ4v) is 5.09. The largest absolute Gasteiger partial charge is 0.495 e. The van der Waals surface area contributed by atoms with E-state index in [2.05, 4.69) is 10.0 Å². The van der Waals surface area contributed by atoms with E-state index in [0.717, 1.165) is 6.26 Å². The average Bonchev–Trinajstić information content (AvgIpc) is 3.08. The van der Waals surface area contributed by atoms with Gasteiger partial charge >= 0.3 is 0 Å². The van der Waals surface area contributed by atoms with Crippen LogP contribution in [-0.2, 0) is 28.4 Å². The van der Waals surface area contributed by atoms with Gasteiger partial charge in [-0.05, 0) is 6.07 Å². The number of aliphatic hydroxyl groups excluding tert-OH is 1. The molecule has 2 atom stereocenters. The van der Waals surface area contributed by atoms with Crippen molar-refractivity contribution in [2.45, 2.75) is 37.1 Å². The Labute approximate surface area is 192 Å². The van der Waals surface area contributed by atoms with Crippen molar-refractivity contribution < 1.29 is 27.7 Å². The third-order valence-electron chi connectivity index (χ3n) is 6.23. The summed E-state index contributed by atoms with van der Waals surface area (Å²) in [6, 6.07) is 4.24. The standard InChI is InChI=1S/C21H30N4O7S/c1-24-8-4-18(26)25(24)9-7-22-19-14-12-17(30-2)15(23-33(3,28)29)13-16(14)32-21(20(19)27)5-10-31-11-6-21/h4,8,12-13,19-20,22-23,27H,5-7,9-11H2,1-3H3. The number of nitrogens with one attached hydrogen (secondary N) is 2. The number of aliphatic hydroxyl groups is 1. The van der Waals surface area contributed by atoms with E-state index in [4.69, 9.17) is 14.2 Å². The molecule has 0 amide bonds. The first-order chi connectivity index (χ1) is 15.6. The normalized spacial score (nSPS) is 21.9. The Hall–Kier alpha value is -2.54. The summed E-state index contributed by atoms with van der Waals surface area (Å²) in [5, 5.41) is 14.8. The second kappa shape index (κ2) is 9.01. The van der Waals surface area contributed by atoms with Gasteiger partial charge in [0.15, 0.2) is 0 Å². The first-order valence-corrected chi connectivity index (χ1v) is 12.6. The molecule has 2 unspecified atom stereocenters. The number of fused-ring (bicyclic) bond motifs is 1. The highest BCUT2D eigenvalue weighted by molar-refractivity contribution is 7.92. The van der Waals surface area contributed by atoms with Crippen LogP contribution in [0.25, 0.3) is 0 Å². The molecule has 33 heavy (non-hydrogen) atoms. The summed E-state index contributed by atoms with van der Waals surface area (Å²) >= 11 is 0. The third kappa shape index (κ3) is 4.74. The van der Waals surface area contributed by atoms with E-state index < -0.39 is 27.8 Å². The van der Waals surface area contributed by atoms with Gasteiger partial charge in [0, 0.05) is 50.3 Å². The molecule has 1 aromatic carbocycles. The van der Waals surface area contributed by atoms with Crippen molar-refractivity contribution in [1.29, 1.82) is 0 Å². The van der Waals surface area contributed by atoms with Gasteiger partial charge in [0.1, 0.15) is 23.2 Å². The number of nitrogens with zero attached hydrogens (tertiary/aromatic N) is 2. The molecular formula is C21H30N4O7S. The van der Waals surface area contributed by atoms with Crippen LogP contribution in [0.2, 0.25) is 0 Å². The number of hydrogen-bond donors (Lipinski definition) is 3. The second-order valence-corrected chi connectivity index (χ2v) is 10.2. The Morgan fingerprint density at radius 2 is 2.03 bits per heavy atom. The second-order valence-electron chi connectivity index (χ2n) is 8.47. The number of hydrogen-bond acceptors (Lipinski definition) is 8. The Kier molecular flexibility index (Phi) is 6.45. The summed E-state index contributed by atoms with van der Waals surface area (Å²) in [5.41, 5.74) is -0.0747. The van der Waals surface area contributed by atoms with Crippen LogP contribution in [0.4, 0.5) is 5.69 Å². The van der Waals surface area contributed by atoms with Gasteiger partial charge in [-0.2, -0.15) is 0 Å². The lowest BCUT2D eigenvalue weighted by Crippen LogP contribution is -2.58. The predicted octanol–water partition coefficient (Wildman–Crippen LogP) is 0.200. The minimum Gasteiger partial charge on any atom is -0.495 e. The van der Waals surface area contributed by atoms with Gasteiger partial charge in [0.2, 0.25) is 10.0 Å². The molecule has 3 heterocycles. The number of anilines is 1. The zero-order valence-electron chi connectivity index (χ0n) is 18.9. The maximum absolute atomic E-state index is 12.0. The van der Waals surface area contributed by atoms with Crippen LogP contribution in [0.1, 0.15) is 24.4 Å². The van der Waals surface area contributed by atoms with Gasteiger partial charge < -0.3 is 24.6 Å². The number of methoxy groups -OCH3 is 1. The Morgan fingerprint density at radius 1 is 1.30 bits per heavy atom. The monoisotopic (exact) mass is 482 g/mol. The van der Waals surface area contributed by atoms with Crippen molar-refractivity contribution in [2.24, 2.45) is 7.05 Å². The van der Waals surface area contributed by atoms with Gasteiger partial charge in [-0.1, -0.05) is 0 Å². The molecule has 12 heteroatoms. The van der Waals surface area contributed by atoms with E-state index in [1.165, 1.54) is 13.2 Å². The predicted molar refractivity (Wildman–Crippen MR) is 121 cm³/mol. The molecule has 4 rings (SSSR count). The molecule has 0 radical (unpaired) electrons. The van der Waals surface area contributed by atoms with Crippen molar-refractivity contribution in [1.82, 2.24) is 14.7 Å². The first-order valence-electron chi connectivity index (χ1n) is 10.7. The zero-order valence-corrected chi connectivity index (χ0v) is 19.7. The molecule has 1 fully saturated rings. The van der Waals surface area contributed by atoms with E-state index in [0.29, 0.717) is 56.2 Å². The smallest absolute Gasteiger partial charge is 0.266 e. The van der Waals surface area contributed by atoms with E-state index >= 15 is 0 Å². The SMILES string of the molecule is COc1cc2c(cc1NS(C)(=O)=O)OC1(CCOCC1)C(O)C2NCCn1c(=O)ccn1C. The molecule has 11 nitrogen and oxygen atoms in total. The first kappa shape index (κ1) is 23.6. The highest BCUT2D eigenvalue weighted by Crippen LogP contribution is 2.47. The third-order valence-corrected chi connectivity index (χ3v) is 6.82. The fourth-order valence-electron chi connectivity index (χ4n) is 4.53. The lowest BCUT2D eigenvalue weighted by Gasteiger charge is -2.48. The summed E-state index contributed by atoms with van der Waals surface area (Å²) in [6.45, 7) is 1.71. The summed E-state index contributed by atoms with van der Waals surface area (Å²) in [6.07, 6.45) is 2.84. The maximum atomic E-state index is 12.0. The number of aromatic nitrogens is 2. The van der Waals surface area contributed by atoms with E-state index in [1.807, 2.05) is 0 Å². The molecular weight excluding hydrogens is 452 g/mol. The van der Waals surface area contributed by atoms with Crippen molar-refractivity contribution >= 4 is 15.7 Å². The van der Waals surface area contributed by atoms with Gasteiger partial charge in [-0.3, -0.25) is 14.2 Å². The van der Waals surface area contributed by atoms with Crippen LogP contribution >= 0.6 is 0 Å². The molecule has 0 saturated carbocycles. The lowest BCUT2D eigenvalue weighted by atomic mass is 9.79. The van der Waals surface area contributed by atoms with Gasteiger partial charge in [-0.25, -0.2) is 13.1 Å². The van der Waals surface area contributed by atoms with Gasteiger partial charge in [-0.15, -0.1) is 0 Å². The summed E-state index contributed by atoms with van der Waals surface area (Å²) in [7, 11) is -0.313. The minimum atomic E-state index is -3.55. The van der Waals surface area contributed by atoms with Crippen molar-refractivity contribution in [3.05, 3.63) is 40.3 Å². The van der Waals surface area contributed by atoms with E-state index in [9.17, 15) is 18.3 Å². The number of rotatable bonds is 7. The van der Waals surface area contributed by atoms with E-state index in [-0.39, 0.29) is 11.2 Å². The molecule has 1 aromatic heterocycles. The highest BCUT2D eigenvalue weighted by atomic mass is 32.2. The molecule has 3 N–H and O–H groups in total. The molecule has 2 aromatic rings. The van der Waals surface area contributed by atoms with Crippen LogP contribution in [0.5, 0.6) is 11.5 Å². The summed E-state index contributed by atoms with van der Waals surface area (Å²) in [4.78, 5) is 12.0. The average molecular weight is 483 g/mol. The molecule has 182 valence electrons. The zero-order chi connectivity index (χ0) is 23.8. The topological polar surface area (TPSA) is 133 Å². The Morgan fingerprint density at radius 3 is 2.64 bits per heavy atom. The minimum absolute atomic E-state index is 0.105. The number of ether oxygens (including phenoxy) is 3. The van der Waals surface area contributed by atoms with Crippen LogP contribution in [0.3, 0.4) is 0 Å². The Balaban J connectivity index is 1.69. The summed E-state index contributed by atoms with van der Waals surface area (Å²) < 4.78 is 46.7. The van der Waals surface area contributed by atoms with E-state index in [1.54, 1.807) is 34.7 Å². The molecule has 1 spiro atoms. The van der Waals surface area contributed by atoms with Crippen LogP contribution in [0.15, 0.2) is 29.2 Å². The van der Waals surface area contributed by atoms with Crippen molar-refractivity contribution in [2.75, 3.05) is 37.8 Å². The van der Waals surface area contributed by atoms with Crippen molar-refractivity contribution in [3.8, 4) is 11.5 Å². The van der Waals surface area contributed by atoms with Crippen molar-refractivity contribution in [3.63, 3.8) is 0 Å². The molecule has 0 bridgehead atoms. The number of benzene rings is 1. The molecule has 1 saturated heterocycles. The maximum Gasteiger partial charge on any atom is 0.266 e. The molecule has 2 aliphatic rings. The van der Waals surface area contributed by atoms with Crippen LogP contribution in [0, 0.1) is 0 Å². The fraction of sp³-hybridized carbons (Fsp3) is 0.571. The summed E-state index contributed by atoms with van der Waals surface area (Å²) in [5.74, 6) is 0.769. The highest BCUT2D eigenvalue weighted by Gasteiger charge is 2.50. The number of aryl methyl sites for hydroxylation is 1. The molecule has 0 aliphatic carbocycles. The van der Waals surface area contributed by atoms with Gasteiger partial charge in [0.05, 0.1) is 44.9 Å². The number of sulfonamides is 1. The molecule has 2 aliphatic heterocycles. The Bertz CT molecular complexity index is 1170. The van der Waals surface area contributed by atoms with Crippen LogP contribution in [-0.4, -0.2) is 67.7 Å². The van der Waals surface area contributed by atoms with Crippen LogP contribution < -0.4 is 25.1 Å². The lowest BCUT2D eigenvalue weighted by molar-refractivity contribution is -0.137. The van der Waals surface area contributed by atoms with Gasteiger partial charge in [0.25, 0.3) is 5.56 Å².